The highest BCUT2D eigenvalue weighted by atomic mass is 16.5. The third-order valence-electron chi connectivity index (χ3n) is 2.42. The summed E-state index contributed by atoms with van der Waals surface area (Å²) in [6, 6.07) is 6.24. The molecule has 0 aliphatic carbocycles. The molecule has 0 unspecified atom stereocenters. The normalized spacial score (nSPS) is 10.7. The maximum atomic E-state index is 10.8. The summed E-state index contributed by atoms with van der Waals surface area (Å²) in [5.74, 6) is 0.536. The molecule has 2 aromatic rings. The molecule has 1 aromatic heterocycles. The molecule has 0 spiro atoms. The van der Waals surface area contributed by atoms with Crippen LogP contribution in [0.1, 0.15) is 41.9 Å². The number of carbonyl (C=O) groups is 1. The van der Waals surface area contributed by atoms with E-state index in [4.69, 9.17) is 14.3 Å². The van der Waals surface area contributed by atoms with Gasteiger partial charge in [0.05, 0.1) is 5.56 Å². The van der Waals surface area contributed by atoms with Crippen molar-refractivity contribution < 1.29 is 19.1 Å². The number of aromatic carboxylic acids is 1. The summed E-state index contributed by atoms with van der Waals surface area (Å²) in [5.41, 5.74) is 0.172. The molecule has 0 saturated heterocycles. The number of carboxylic acids is 1. The van der Waals surface area contributed by atoms with E-state index < -0.39 is 5.97 Å². The minimum Gasteiger partial charge on any atom is -0.484 e. The van der Waals surface area contributed by atoms with E-state index in [0.29, 0.717) is 17.5 Å². The van der Waals surface area contributed by atoms with Crippen LogP contribution in [0.4, 0.5) is 0 Å². The molecule has 6 nitrogen and oxygen atoms in total. The predicted octanol–water partition coefficient (Wildman–Crippen LogP) is 2.47. The second-order valence-electron chi connectivity index (χ2n) is 4.31. The van der Waals surface area contributed by atoms with Gasteiger partial charge in [-0.05, 0) is 18.2 Å². The van der Waals surface area contributed by atoms with Crippen LogP contribution in [0.25, 0.3) is 0 Å². The van der Waals surface area contributed by atoms with E-state index in [-0.39, 0.29) is 18.1 Å². The molecular formula is C13H14N2O4. The summed E-state index contributed by atoms with van der Waals surface area (Å²) in [7, 11) is 0. The molecule has 0 radical (unpaired) electrons. The van der Waals surface area contributed by atoms with Gasteiger partial charge in [0.15, 0.2) is 6.61 Å². The van der Waals surface area contributed by atoms with Gasteiger partial charge >= 0.3 is 5.97 Å². The highest BCUT2D eigenvalue weighted by Crippen LogP contribution is 2.16. The minimum atomic E-state index is -0.995. The Kier molecular flexibility index (Phi) is 3.79. The van der Waals surface area contributed by atoms with Crippen LogP contribution in [-0.2, 0) is 6.61 Å². The summed E-state index contributed by atoms with van der Waals surface area (Å²) in [6.07, 6.45) is 0. The fourth-order valence-corrected chi connectivity index (χ4v) is 1.42. The fourth-order valence-electron chi connectivity index (χ4n) is 1.42. The number of aromatic nitrogens is 2. The van der Waals surface area contributed by atoms with Crippen molar-refractivity contribution in [2.24, 2.45) is 0 Å². The lowest BCUT2D eigenvalue weighted by Gasteiger charge is -2.03. The smallest absolute Gasteiger partial charge is 0.335 e. The molecule has 2 rings (SSSR count). The molecular weight excluding hydrogens is 248 g/mol. The van der Waals surface area contributed by atoms with Gasteiger partial charge in [0.2, 0.25) is 5.89 Å². The predicted molar refractivity (Wildman–Crippen MR) is 66.1 cm³/mol. The van der Waals surface area contributed by atoms with Crippen LogP contribution < -0.4 is 4.74 Å². The number of hydrogen-bond acceptors (Lipinski definition) is 5. The van der Waals surface area contributed by atoms with Crippen molar-refractivity contribution in [3.05, 3.63) is 41.6 Å². The van der Waals surface area contributed by atoms with Crippen molar-refractivity contribution in [1.82, 2.24) is 10.2 Å². The minimum absolute atomic E-state index is 0.114. The SMILES string of the molecule is CC(C)c1nnc(COc2cccc(C(=O)O)c2)o1. The fraction of sp³-hybridized carbons (Fsp3) is 0.308. The molecule has 1 aromatic carbocycles. The summed E-state index contributed by atoms with van der Waals surface area (Å²) in [6.45, 7) is 4.02. The molecule has 0 bridgehead atoms. The third kappa shape index (κ3) is 3.31. The zero-order valence-electron chi connectivity index (χ0n) is 10.7. The number of rotatable bonds is 5. The van der Waals surface area contributed by atoms with E-state index in [1.165, 1.54) is 12.1 Å². The van der Waals surface area contributed by atoms with Crippen LogP contribution in [-0.4, -0.2) is 21.3 Å². The van der Waals surface area contributed by atoms with Gasteiger partial charge in [0.1, 0.15) is 5.75 Å². The van der Waals surface area contributed by atoms with Crippen molar-refractivity contribution in [2.45, 2.75) is 26.4 Å². The van der Waals surface area contributed by atoms with Gasteiger partial charge < -0.3 is 14.3 Å². The van der Waals surface area contributed by atoms with Crippen LogP contribution in [0.5, 0.6) is 5.75 Å². The first-order valence-corrected chi connectivity index (χ1v) is 5.84. The maximum absolute atomic E-state index is 10.8. The molecule has 1 N–H and O–H groups in total. The Balaban J connectivity index is 2.01. The van der Waals surface area contributed by atoms with Crippen molar-refractivity contribution in [3.8, 4) is 5.75 Å². The van der Waals surface area contributed by atoms with Crippen LogP contribution in [0, 0.1) is 0 Å². The second kappa shape index (κ2) is 5.51. The summed E-state index contributed by atoms with van der Waals surface area (Å²) in [4.78, 5) is 10.8. The molecule has 0 fully saturated rings. The van der Waals surface area contributed by atoms with Gasteiger partial charge in [-0.15, -0.1) is 10.2 Å². The Morgan fingerprint density at radius 3 is 2.84 bits per heavy atom. The Morgan fingerprint density at radius 2 is 2.21 bits per heavy atom. The Bertz CT molecular complexity index is 578. The molecule has 0 amide bonds. The van der Waals surface area contributed by atoms with Gasteiger partial charge in [-0.2, -0.15) is 0 Å². The molecule has 0 aliphatic heterocycles. The maximum Gasteiger partial charge on any atom is 0.335 e. The average Bonchev–Trinajstić information content (AvgIpc) is 2.85. The monoisotopic (exact) mass is 262 g/mol. The number of nitrogens with zero attached hydrogens (tertiary/aromatic N) is 2. The van der Waals surface area contributed by atoms with E-state index >= 15 is 0 Å². The molecule has 0 atom stereocenters. The first-order chi connectivity index (χ1) is 9.06. The van der Waals surface area contributed by atoms with E-state index in [9.17, 15) is 4.79 Å². The highest BCUT2D eigenvalue weighted by molar-refractivity contribution is 5.87. The first-order valence-electron chi connectivity index (χ1n) is 5.84. The number of ether oxygens (including phenoxy) is 1. The van der Waals surface area contributed by atoms with E-state index in [1.54, 1.807) is 12.1 Å². The number of carboxylic acid groups (broad SMARTS) is 1. The van der Waals surface area contributed by atoms with Gasteiger partial charge in [-0.3, -0.25) is 0 Å². The quantitative estimate of drug-likeness (QED) is 0.890. The molecule has 6 heteroatoms. The van der Waals surface area contributed by atoms with Gasteiger partial charge in [-0.25, -0.2) is 4.79 Å². The van der Waals surface area contributed by atoms with E-state index in [2.05, 4.69) is 10.2 Å². The lowest BCUT2D eigenvalue weighted by molar-refractivity contribution is 0.0696. The zero-order chi connectivity index (χ0) is 13.8. The molecule has 100 valence electrons. The van der Waals surface area contributed by atoms with Gasteiger partial charge in [-0.1, -0.05) is 19.9 Å². The lowest BCUT2D eigenvalue weighted by atomic mass is 10.2. The Hall–Kier alpha value is -2.37. The van der Waals surface area contributed by atoms with Crippen molar-refractivity contribution in [2.75, 3.05) is 0 Å². The topological polar surface area (TPSA) is 85.5 Å². The number of benzene rings is 1. The third-order valence-corrected chi connectivity index (χ3v) is 2.42. The van der Waals surface area contributed by atoms with Crippen LogP contribution in [0.2, 0.25) is 0 Å². The molecule has 19 heavy (non-hydrogen) atoms. The van der Waals surface area contributed by atoms with Crippen LogP contribution >= 0.6 is 0 Å². The van der Waals surface area contributed by atoms with Crippen LogP contribution in [0.15, 0.2) is 28.7 Å². The largest absolute Gasteiger partial charge is 0.484 e. The Labute approximate surface area is 110 Å². The van der Waals surface area contributed by atoms with E-state index in [0.717, 1.165) is 0 Å². The second-order valence-corrected chi connectivity index (χ2v) is 4.31. The summed E-state index contributed by atoms with van der Waals surface area (Å²) in [5, 5.41) is 16.6. The number of hydrogen-bond donors (Lipinski definition) is 1. The zero-order valence-corrected chi connectivity index (χ0v) is 10.7. The molecule has 0 aliphatic rings. The van der Waals surface area contributed by atoms with Crippen LogP contribution in [0.3, 0.4) is 0 Å². The van der Waals surface area contributed by atoms with Gasteiger partial charge in [0.25, 0.3) is 5.89 Å². The lowest BCUT2D eigenvalue weighted by Crippen LogP contribution is -1.99. The van der Waals surface area contributed by atoms with Gasteiger partial charge in [0, 0.05) is 5.92 Å². The standard InChI is InChI=1S/C13H14N2O4/c1-8(2)12-15-14-11(19-12)7-18-10-5-3-4-9(6-10)13(16)17/h3-6,8H,7H2,1-2H3,(H,16,17). The highest BCUT2D eigenvalue weighted by Gasteiger charge is 2.10. The Morgan fingerprint density at radius 1 is 1.42 bits per heavy atom. The van der Waals surface area contributed by atoms with E-state index in [1.807, 2.05) is 13.8 Å². The van der Waals surface area contributed by atoms with Crippen molar-refractivity contribution in [1.29, 1.82) is 0 Å². The molecule has 0 saturated carbocycles. The molecule has 1 heterocycles. The van der Waals surface area contributed by atoms with Crippen molar-refractivity contribution >= 4 is 5.97 Å². The van der Waals surface area contributed by atoms with Crippen molar-refractivity contribution in [3.63, 3.8) is 0 Å². The summed E-state index contributed by atoms with van der Waals surface area (Å²) < 4.78 is 10.8. The average molecular weight is 262 g/mol. The first kappa shape index (κ1) is 13.1. The summed E-state index contributed by atoms with van der Waals surface area (Å²) >= 11 is 0.